The van der Waals surface area contributed by atoms with E-state index in [-0.39, 0.29) is 17.9 Å². The normalized spacial score (nSPS) is 13.6. The van der Waals surface area contributed by atoms with Crippen LogP contribution in [-0.4, -0.2) is 50.5 Å². The Morgan fingerprint density at radius 2 is 1.70 bits per heavy atom. The van der Waals surface area contributed by atoms with Crippen LogP contribution in [0.5, 0.6) is 11.6 Å². The number of amides is 2. The fourth-order valence-electron chi connectivity index (χ4n) is 5.66. The van der Waals surface area contributed by atoms with Crippen LogP contribution in [0.3, 0.4) is 0 Å². The number of rotatable bonds is 7. The Labute approximate surface area is 256 Å². The van der Waals surface area contributed by atoms with Crippen molar-refractivity contribution in [1.82, 2.24) is 24.8 Å². The lowest BCUT2D eigenvalue weighted by molar-refractivity contribution is -0.119. The molecule has 44 heavy (non-hydrogen) atoms. The summed E-state index contributed by atoms with van der Waals surface area (Å²) in [5.41, 5.74) is 6.62. The lowest BCUT2D eigenvalue weighted by Crippen LogP contribution is -2.44. The van der Waals surface area contributed by atoms with Crippen LogP contribution in [0.25, 0.3) is 22.4 Å². The number of fused-ring (bicyclic) bond motifs is 1. The number of hydrogen-bond acceptors (Lipinski definition) is 7. The Kier molecular flexibility index (Phi) is 7.97. The third-order valence-corrected chi connectivity index (χ3v) is 7.98. The summed E-state index contributed by atoms with van der Waals surface area (Å²) in [5, 5.41) is 6.06. The van der Waals surface area contributed by atoms with Crippen LogP contribution in [-0.2, 0) is 11.8 Å². The molecule has 2 amide bonds. The lowest BCUT2D eigenvalue weighted by atomic mass is 10.0. The van der Waals surface area contributed by atoms with Crippen LogP contribution in [0, 0.1) is 13.8 Å². The summed E-state index contributed by atoms with van der Waals surface area (Å²) in [7, 11) is 1.92. The second-order valence-corrected chi connectivity index (χ2v) is 11.2. The van der Waals surface area contributed by atoms with Crippen molar-refractivity contribution in [2.75, 3.05) is 23.3 Å². The van der Waals surface area contributed by atoms with E-state index in [2.05, 4.69) is 27.4 Å². The zero-order chi connectivity index (χ0) is 30.8. The number of ether oxygens (including phenoxy) is 1. The molecule has 6 rings (SSSR count). The van der Waals surface area contributed by atoms with Crippen molar-refractivity contribution in [2.24, 2.45) is 7.05 Å². The minimum atomic E-state index is -0.234. The average Bonchev–Trinajstić information content (AvgIpc) is 3.39. The molecule has 0 atom stereocenters. The maximum absolute atomic E-state index is 13.4. The second-order valence-electron chi connectivity index (χ2n) is 11.2. The molecule has 0 bridgehead atoms. The predicted molar refractivity (Wildman–Crippen MR) is 171 cm³/mol. The van der Waals surface area contributed by atoms with Gasteiger partial charge in [0.15, 0.2) is 5.82 Å². The van der Waals surface area contributed by atoms with Crippen LogP contribution >= 0.6 is 0 Å². The molecule has 0 radical (unpaired) electrons. The van der Waals surface area contributed by atoms with E-state index in [0.717, 1.165) is 65.0 Å². The fraction of sp³-hybridized carbons (Fsp3) is 0.265. The number of hydrogen-bond donors (Lipinski definition) is 2. The number of carbonyl (C=O) groups is 2. The van der Waals surface area contributed by atoms with Crippen molar-refractivity contribution >= 4 is 34.2 Å². The maximum atomic E-state index is 13.4. The minimum Gasteiger partial charge on any atom is -0.437 e. The first-order valence-electron chi connectivity index (χ1n) is 14.7. The monoisotopic (exact) mass is 589 g/mol. The van der Waals surface area contributed by atoms with Gasteiger partial charge in [0.05, 0.1) is 5.52 Å². The maximum Gasteiger partial charge on any atom is 0.255 e. The fourth-order valence-corrected chi connectivity index (χ4v) is 5.66. The van der Waals surface area contributed by atoms with Gasteiger partial charge in [0.2, 0.25) is 11.8 Å². The number of aromatic nitrogens is 4. The predicted octanol–water partition coefficient (Wildman–Crippen LogP) is 5.80. The van der Waals surface area contributed by atoms with Gasteiger partial charge in [0.1, 0.15) is 11.3 Å². The Balaban J connectivity index is 1.20. The lowest BCUT2D eigenvalue weighted by Gasteiger charge is -2.34. The zero-order valence-electron chi connectivity index (χ0n) is 25.3. The Hall–Kier alpha value is -5.25. The number of carbonyl (C=O) groups excluding carboxylic acids is 2. The van der Waals surface area contributed by atoms with Gasteiger partial charge in [-0.3, -0.25) is 14.6 Å². The van der Waals surface area contributed by atoms with Gasteiger partial charge < -0.3 is 24.8 Å². The Morgan fingerprint density at radius 1 is 0.932 bits per heavy atom. The van der Waals surface area contributed by atoms with Gasteiger partial charge in [0, 0.05) is 74.2 Å². The number of nitrogens with zero attached hydrogens (tertiary/aromatic N) is 5. The largest absolute Gasteiger partial charge is 0.437 e. The van der Waals surface area contributed by atoms with E-state index in [1.54, 1.807) is 31.5 Å². The van der Waals surface area contributed by atoms with Gasteiger partial charge in [-0.25, -0.2) is 4.98 Å². The molecule has 10 nitrogen and oxygen atoms in total. The van der Waals surface area contributed by atoms with Crippen molar-refractivity contribution in [1.29, 1.82) is 0 Å². The standard InChI is InChI=1S/C34H35N7O3/c1-21-5-6-25(33(43)37-27-7-8-29(22(2)19-27)41-17-11-26(12-18-41)36-23(3)42)20-30(21)44-34-31-28(13-16-40(31)4)38-32(39-34)24-9-14-35-15-10-24/h5-10,13-16,19-20,26H,11-12,17-18H2,1-4H3,(H,36,42)(H,37,43). The SMILES string of the molecule is CC(=O)NC1CCN(c2ccc(NC(=O)c3ccc(C)c(Oc4nc(-c5ccncc5)nc5ccn(C)c45)c3)cc2C)CC1. The number of anilines is 2. The Bertz CT molecular complexity index is 1840. The molecule has 1 saturated heterocycles. The van der Waals surface area contributed by atoms with Crippen molar-refractivity contribution < 1.29 is 14.3 Å². The first-order chi connectivity index (χ1) is 21.2. The number of pyridine rings is 1. The number of nitrogens with one attached hydrogen (secondary N) is 2. The molecule has 0 unspecified atom stereocenters. The van der Waals surface area contributed by atoms with Crippen LogP contribution < -0.4 is 20.3 Å². The van der Waals surface area contributed by atoms with Gasteiger partial charge in [-0.1, -0.05) is 6.07 Å². The summed E-state index contributed by atoms with van der Waals surface area (Å²) < 4.78 is 8.32. The molecular formula is C34H35N7O3. The van der Waals surface area contributed by atoms with Gasteiger partial charge in [0.25, 0.3) is 5.91 Å². The third-order valence-electron chi connectivity index (χ3n) is 7.98. The van der Waals surface area contributed by atoms with E-state index >= 15 is 0 Å². The third kappa shape index (κ3) is 6.10. The highest BCUT2D eigenvalue weighted by Gasteiger charge is 2.21. The smallest absolute Gasteiger partial charge is 0.255 e. The molecular weight excluding hydrogens is 554 g/mol. The molecule has 2 aromatic carbocycles. The molecule has 3 aromatic heterocycles. The summed E-state index contributed by atoms with van der Waals surface area (Å²) in [6, 6.07) is 17.2. The first kappa shape index (κ1) is 28.9. The van der Waals surface area contributed by atoms with Crippen molar-refractivity contribution in [2.45, 2.75) is 39.7 Å². The van der Waals surface area contributed by atoms with Crippen LogP contribution in [0.2, 0.25) is 0 Å². The van der Waals surface area contributed by atoms with Gasteiger partial charge in [-0.15, -0.1) is 0 Å². The molecule has 2 N–H and O–H groups in total. The van der Waals surface area contributed by atoms with E-state index in [1.807, 2.05) is 67.2 Å². The number of benzene rings is 2. The van der Waals surface area contributed by atoms with Crippen molar-refractivity contribution in [3.8, 4) is 23.0 Å². The summed E-state index contributed by atoms with van der Waals surface area (Å²) in [6.45, 7) is 7.29. The van der Waals surface area contributed by atoms with E-state index in [4.69, 9.17) is 14.7 Å². The van der Waals surface area contributed by atoms with Crippen LogP contribution in [0.1, 0.15) is 41.3 Å². The highest BCUT2D eigenvalue weighted by molar-refractivity contribution is 6.04. The molecule has 4 heterocycles. The average molecular weight is 590 g/mol. The van der Waals surface area contributed by atoms with Gasteiger partial charge in [-0.05, 0) is 86.3 Å². The van der Waals surface area contributed by atoms with Gasteiger partial charge in [-0.2, -0.15) is 4.98 Å². The molecule has 0 aliphatic carbocycles. The first-order valence-corrected chi connectivity index (χ1v) is 14.7. The van der Waals surface area contributed by atoms with Crippen molar-refractivity contribution in [3.63, 3.8) is 0 Å². The second kappa shape index (κ2) is 12.2. The molecule has 1 aliphatic heterocycles. The quantitative estimate of drug-likeness (QED) is 0.247. The summed E-state index contributed by atoms with van der Waals surface area (Å²) in [4.78, 5) is 40.7. The molecule has 0 spiro atoms. The van der Waals surface area contributed by atoms with Crippen LogP contribution in [0.4, 0.5) is 11.4 Å². The highest BCUT2D eigenvalue weighted by atomic mass is 16.5. The molecule has 5 aromatic rings. The summed E-state index contributed by atoms with van der Waals surface area (Å²) in [5.74, 6) is 1.26. The van der Waals surface area contributed by atoms with E-state index in [1.165, 1.54) is 0 Å². The van der Waals surface area contributed by atoms with Crippen molar-refractivity contribution in [3.05, 3.63) is 89.9 Å². The summed E-state index contributed by atoms with van der Waals surface area (Å²) in [6.07, 6.45) is 7.14. The van der Waals surface area contributed by atoms with E-state index < -0.39 is 0 Å². The van der Waals surface area contributed by atoms with Gasteiger partial charge >= 0.3 is 0 Å². The molecule has 0 saturated carbocycles. The number of piperidine rings is 1. The van der Waals surface area contributed by atoms with Crippen LogP contribution in [0.15, 0.2) is 73.2 Å². The molecule has 224 valence electrons. The zero-order valence-corrected chi connectivity index (χ0v) is 25.3. The minimum absolute atomic E-state index is 0.0181. The highest BCUT2D eigenvalue weighted by Crippen LogP contribution is 2.33. The topological polar surface area (TPSA) is 114 Å². The molecule has 1 fully saturated rings. The van der Waals surface area contributed by atoms with E-state index in [9.17, 15) is 9.59 Å². The molecule has 1 aliphatic rings. The number of aryl methyl sites for hydroxylation is 3. The molecule has 10 heteroatoms. The summed E-state index contributed by atoms with van der Waals surface area (Å²) >= 11 is 0. The van der Waals surface area contributed by atoms with E-state index in [0.29, 0.717) is 23.0 Å². The Morgan fingerprint density at radius 3 is 2.43 bits per heavy atom.